The zero-order valence-corrected chi connectivity index (χ0v) is 6.75. The molecule has 72 valence electrons. The molecule has 1 aromatic rings. The van der Waals surface area contributed by atoms with Gasteiger partial charge < -0.3 is 20.1 Å². The lowest BCUT2D eigenvalue weighted by Crippen LogP contribution is -1.81. The Bertz CT molecular complexity index is 217. The number of carbonyl (C=O) groups excluding carboxylic acids is 1. The van der Waals surface area contributed by atoms with Gasteiger partial charge in [-0.25, -0.2) is 4.79 Å². The van der Waals surface area contributed by atoms with E-state index < -0.39 is 6.16 Å². The molecule has 0 fully saturated rings. The molecule has 5 heteroatoms. The Hall–Kier alpha value is -2.04. The van der Waals surface area contributed by atoms with E-state index in [1.807, 2.05) is 12.9 Å². The molecular formula is C8H10O5. The van der Waals surface area contributed by atoms with Gasteiger partial charge in [0.25, 0.3) is 0 Å². The fourth-order valence-electron chi connectivity index (χ4n) is 0.428. The summed E-state index contributed by atoms with van der Waals surface area (Å²) in [7, 11) is 0. The number of phenolic OH excluding ortho intramolecular Hbond substituents is 1. The quantitative estimate of drug-likeness (QED) is 0.569. The molecule has 0 aromatic heterocycles. The lowest BCUT2D eigenvalue weighted by molar-refractivity contribution is -0.0980. The van der Waals surface area contributed by atoms with Crippen molar-refractivity contribution < 1.29 is 24.9 Å². The van der Waals surface area contributed by atoms with E-state index in [2.05, 4.69) is 0 Å². The lowest BCUT2D eigenvalue weighted by atomic mass is 10.3. The largest absolute Gasteiger partial charge is 0.508 e. The smallest absolute Gasteiger partial charge is 0.503 e. The normalized spacial score (nSPS) is 6.77. The van der Waals surface area contributed by atoms with Crippen molar-refractivity contribution in [2.75, 3.05) is 0 Å². The zero-order valence-electron chi connectivity index (χ0n) is 6.75. The van der Waals surface area contributed by atoms with Gasteiger partial charge in [0.1, 0.15) is 12.5 Å². The molecule has 0 atom stereocenters. The molecule has 0 aliphatic carbocycles. The number of benzene rings is 1. The summed E-state index contributed by atoms with van der Waals surface area (Å²) in [6, 6.07) is 8.71. The third-order valence-electron chi connectivity index (χ3n) is 0.756. The minimum Gasteiger partial charge on any atom is -0.508 e. The summed E-state index contributed by atoms with van der Waals surface area (Å²) < 4.78 is 0. The van der Waals surface area contributed by atoms with Crippen LogP contribution < -0.4 is 0 Å². The second-order valence-electron chi connectivity index (χ2n) is 1.62. The molecule has 1 aromatic carbocycles. The Morgan fingerprint density at radius 1 is 1.08 bits per heavy atom. The highest BCUT2D eigenvalue weighted by Gasteiger charge is 1.74. The highest BCUT2D eigenvalue weighted by Crippen LogP contribution is 2.02. The minimum absolute atomic E-state index is 0.322. The third-order valence-corrected chi connectivity index (χ3v) is 0.756. The minimum atomic E-state index is -1.83. The van der Waals surface area contributed by atoms with Crippen LogP contribution in [0.1, 0.15) is 0 Å². The predicted octanol–water partition coefficient (Wildman–Crippen LogP) is 1.43. The van der Waals surface area contributed by atoms with Gasteiger partial charge in [0.15, 0.2) is 0 Å². The van der Waals surface area contributed by atoms with Crippen molar-refractivity contribution in [3.63, 3.8) is 0 Å². The standard InChI is InChI=1S/C6H6O.CH2O3.CH2O/c7-6-4-2-1-3-5-6;2-1(3)4;1-2/h1-5,7H;(H2,2,3,4);1H2. The predicted molar refractivity (Wildman–Crippen MR) is 45.9 cm³/mol. The summed E-state index contributed by atoms with van der Waals surface area (Å²) >= 11 is 0. The van der Waals surface area contributed by atoms with E-state index in [4.69, 9.17) is 24.9 Å². The number of hydrogen-bond donors (Lipinski definition) is 3. The second-order valence-corrected chi connectivity index (χ2v) is 1.62. The van der Waals surface area contributed by atoms with Crippen LogP contribution in [0.25, 0.3) is 0 Å². The molecule has 0 amide bonds. The maximum absolute atomic E-state index is 8.63. The molecule has 0 bridgehead atoms. The monoisotopic (exact) mass is 186 g/mol. The van der Waals surface area contributed by atoms with Crippen LogP contribution in [0.5, 0.6) is 5.75 Å². The Balaban J connectivity index is 0. The first-order chi connectivity index (χ1) is 6.13. The molecule has 5 nitrogen and oxygen atoms in total. The van der Waals surface area contributed by atoms with E-state index in [0.717, 1.165) is 0 Å². The van der Waals surface area contributed by atoms with E-state index in [1.165, 1.54) is 0 Å². The summed E-state index contributed by atoms with van der Waals surface area (Å²) in [5, 5.41) is 22.6. The lowest BCUT2D eigenvalue weighted by Gasteiger charge is -1.82. The molecule has 0 spiro atoms. The van der Waals surface area contributed by atoms with Crippen molar-refractivity contribution in [2.45, 2.75) is 0 Å². The van der Waals surface area contributed by atoms with Gasteiger partial charge in [-0.3, -0.25) is 0 Å². The van der Waals surface area contributed by atoms with E-state index in [-0.39, 0.29) is 0 Å². The fraction of sp³-hybridized carbons (Fsp3) is 0. The van der Waals surface area contributed by atoms with E-state index in [0.29, 0.717) is 5.75 Å². The second kappa shape index (κ2) is 9.96. The summed E-state index contributed by atoms with van der Waals surface area (Å²) in [4.78, 5) is 16.6. The van der Waals surface area contributed by atoms with Crippen LogP contribution in [0.3, 0.4) is 0 Å². The molecule has 1 rings (SSSR count). The van der Waals surface area contributed by atoms with E-state index in [9.17, 15) is 0 Å². The van der Waals surface area contributed by atoms with Crippen LogP contribution >= 0.6 is 0 Å². The van der Waals surface area contributed by atoms with Crippen molar-refractivity contribution in [1.29, 1.82) is 0 Å². The maximum atomic E-state index is 8.63. The number of hydrogen-bond acceptors (Lipinski definition) is 3. The number of aromatic hydroxyl groups is 1. The first-order valence-electron chi connectivity index (χ1n) is 3.07. The van der Waals surface area contributed by atoms with Crippen molar-refractivity contribution in [2.24, 2.45) is 0 Å². The summed E-state index contributed by atoms with van der Waals surface area (Å²) in [5.41, 5.74) is 0. The molecular weight excluding hydrogens is 176 g/mol. The summed E-state index contributed by atoms with van der Waals surface area (Å²) in [5.74, 6) is 0.322. The fourth-order valence-corrected chi connectivity index (χ4v) is 0.428. The van der Waals surface area contributed by atoms with Gasteiger partial charge in [-0.1, -0.05) is 18.2 Å². The maximum Gasteiger partial charge on any atom is 0.503 e. The highest BCUT2D eigenvalue weighted by molar-refractivity contribution is 5.53. The van der Waals surface area contributed by atoms with E-state index >= 15 is 0 Å². The third kappa shape index (κ3) is 17.8. The number of para-hydroxylation sites is 1. The van der Waals surface area contributed by atoms with Gasteiger partial charge in [-0.2, -0.15) is 0 Å². The molecule has 0 heterocycles. The molecule has 0 radical (unpaired) electrons. The molecule has 3 N–H and O–H groups in total. The van der Waals surface area contributed by atoms with Crippen molar-refractivity contribution in [3.05, 3.63) is 30.3 Å². The van der Waals surface area contributed by atoms with Gasteiger partial charge >= 0.3 is 6.16 Å². The molecule has 0 aliphatic rings. The number of phenols is 1. The Morgan fingerprint density at radius 2 is 1.38 bits per heavy atom. The summed E-state index contributed by atoms with van der Waals surface area (Å²) in [6.45, 7) is 2.00. The van der Waals surface area contributed by atoms with Crippen molar-refractivity contribution >= 4 is 12.9 Å². The van der Waals surface area contributed by atoms with Crippen molar-refractivity contribution in [1.82, 2.24) is 0 Å². The van der Waals surface area contributed by atoms with Crippen LogP contribution in [0.15, 0.2) is 30.3 Å². The highest BCUT2D eigenvalue weighted by atomic mass is 16.6. The van der Waals surface area contributed by atoms with Gasteiger partial charge in [-0.05, 0) is 12.1 Å². The van der Waals surface area contributed by atoms with Crippen molar-refractivity contribution in [3.8, 4) is 5.75 Å². The molecule has 0 unspecified atom stereocenters. The Kier molecular flexibility index (Phi) is 10.4. The molecule has 0 aliphatic heterocycles. The zero-order chi connectivity index (χ0) is 10.7. The molecule has 13 heavy (non-hydrogen) atoms. The van der Waals surface area contributed by atoms with Gasteiger partial charge in [0.05, 0.1) is 0 Å². The average Bonchev–Trinajstić information content (AvgIpc) is 2.08. The molecule has 0 saturated heterocycles. The van der Waals surface area contributed by atoms with Crippen LogP contribution in [0, 0.1) is 0 Å². The van der Waals surface area contributed by atoms with Gasteiger partial charge in [-0.15, -0.1) is 0 Å². The summed E-state index contributed by atoms with van der Waals surface area (Å²) in [6.07, 6.45) is -1.83. The van der Waals surface area contributed by atoms with E-state index in [1.54, 1.807) is 24.3 Å². The number of carboxylic acid groups (broad SMARTS) is 2. The Labute approximate surface area is 74.9 Å². The van der Waals surface area contributed by atoms with Crippen LogP contribution in [0.4, 0.5) is 4.79 Å². The topological polar surface area (TPSA) is 94.8 Å². The Morgan fingerprint density at radius 3 is 1.54 bits per heavy atom. The average molecular weight is 186 g/mol. The van der Waals surface area contributed by atoms with Gasteiger partial charge in [0, 0.05) is 0 Å². The molecule has 0 saturated carbocycles. The number of carbonyl (C=O) groups is 2. The van der Waals surface area contributed by atoms with Crippen LogP contribution in [0.2, 0.25) is 0 Å². The first-order valence-corrected chi connectivity index (χ1v) is 3.07. The SMILES string of the molecule is C=O.O=C(O)O.Oc1ccccc1. The van der Waals surface area contributed by atoms with Gasteiger partial charge in [0.2, 0.25) is 0 Å². The van der Waals surface area contributed by atoms with Crippen LogP contribution in [-0.4, -0.2) is 28.3 Å². The number of rotatable bonds is 0. The van der Waals surface area contributed by atoms with Crippen LogP contribution in [-0.2, 0) is 4.79 Å². The first kappa shape index (κ1) is 13.5.